The van der Waals surface area contributed by atoms with E-state index in [1.807, 2.05) is 29.6 Å². The molecule has 11 heteroatoms. The van der Waals surface area contributed by atoms with Gasteiger partial charge in [-0.2, -0.15) is 4.98 Å². The molecule has 0 aliphatic carbocycles. The minimum absolute atomic E-state index is 0.113. The minimum atomic E-state index is -0.557. The van der Waals surface area contributed by atoms with E-state index in [4.69, 9.17) is 0 Å². The molecule has 2 N–H and O–H groups in total. The lowest BCUT2D eigenvalue weighted by Gasteiger charge is -2.03. The topological polar surface area (TPSA) is 123 Å². The number of amides is 1. The number of thiazole rings is 1. The lowest BCUT2D eigenvalue weighted by Crippen LogP contribution is -2.06. The van der Waals surface area contributed by atoms with E-state index in [-0.39, 0.29) is 11.6 Å². The van der Waals surface area contributed by atoms with Gasteiger partial charge in [-0.1, -0.05) is 12.1 Å². The van der Waals surface area contributed by atoms with E-state index >= 15 is 0 Å². The van der Waals surface area contributed by atoms with Crippen LogP contribution in [0.5, 0.6) is 0 Å². The Morgan fingerprint density at radius 2 is 1.90 bits per heavy atom. The summed E-state index contributed by atoms with van der Waals surface area (Å²) in [5, 5.41) is 19.9. The molecule has 1 amide bonds. The third-order valence-electron chi connectivity index (χ3n) is 3.88. The highest BCUT2D eigenvalue weighted by Gasteiger charge is 2.13. The van der Waals surface area contributed by atoms with Crippen molar-refractivity contribution in [2.75, 3.05) is 17.7 Å². The Morgan fingerprint density at radius 1 is 1.10 bits per heavy atom. The smallest absolute Gasteiger partial charge is 0.358 e. The van der Waals surface area contributed by atoms with Gasteiger partial charge < -0.3 is 15.4 Å². The third-order valence-corrected chi connectivity index (χ3v) is 4.70. The number of hydrogen-bond acceptors (Lipinski definition) is 9. The second-order valence-electron chi connectivity index (χ2n) is 5.93. The number of nitrogens with one attached hydrogen (secondary N) is 2. The molecule has 0 unspecified atom stereocenters. The molecule has 4 aromatic rings. The molecular weight excluding hydrogens is 394 g/mol. The first-order chi connectivity index (χ1) is 14.0. The standard InChI is InChI=1S/C18H15N7O3S/c1-10(26)19-12-5-3-11(4-6-12)14-9-29-18-21-17(24-25(14)18)20-15-8-7-13(22-23-15)16(27)28-2/h3-9H,1-2H3,(H,19,26)(H,20,23,24). The summed E-state index contributed by atoms with van der Waals surface area (Å²) in [4.78, 5) is 27.7. The van der Waals surface area contributed by atoms with Crippen molar-refractivity contribution in [2.45, 2.75) is 6.92 Å². The van der Waals surface area contributed by atoms with Gasteiger partial charge in [0.2, 0.25) is 16.8 Å². The average Bonchev–Trinajstić information content (AvgIpc) is 3.28. The van der Waals surface area contributed by atoms with Crippen molar-refractivity contribution in [1.82, 2.24) is 24.8 Å². The van der Waals surface area contributed by atoms with Crippen LogP contribution in [0.4, 0.5) is 17.5 Å². The normalized spacial score (nSPS) is 10.7. The van der Waals surface area contributed by atoms with Crippen LogP contribution in [0.1, 0.15) is 17.4 Å². The minimum Gasteiger partial charge on any atom is -0.464 e. The van der Waals surface area contributed by atoms with E-state index in [0.29, 0.717) is 16.7 Å². The summed E-state index contributed by atoms with van der Waals surface area (Å²) in [6, 6.07) is 10.6. The van der Waals surface area contributed by atoms with E-state index < -0.39 is 5.97 Å². The van der Waals surface area contributed by atoms with Crippen LogP contribution in [-0.4, -0.2) is 43.8 Å². The van der Waals surface area contributed by atoms with Crippen LogP contribution in [0.2, 0.25) is 0 Å². The maximum atomic E-state index is 11.4. The highest BCUT2D eigenvalue weighted by molar-refractivity contribution is 7.15. The zero-order valence-corrected chi connectivity index (χ0v) is 16.2. The number of carbonyl (C=O) groups excluding carboxylic acids is 2. The number of esters is 1. The predicted molar refractivity (Wildman–Crippen MR) is 107 cm³/mol. The van der Waals surface area contributed by atoms with Gasteiger partial charge in [-0.3, -0.25) is 4.79 Å². The molecule has 29 heavy (non-hydrogen) atoms. The molecule has 1 aromatic carbocycles. The molecular formula is C18H15N7O3S. The maximum Gasteiger partial charge on any atom is 0.358 e. The van der Waals surface area contributed by atoms with E-state index in [9.17, 15) is 9.59 Å². The third kappa shape index (κ3) is 3.89. The number of ether oxygens (including phenoxy) is 1. The summed E-state index contributed by atoms with van der Waals surface area (Å²) in [7, 11) is 1.28. The van der Waals surface area contributed by atoms with Gasteiger partial charge >= 0.3 is 5.97 Å². The summed E-state index contributed by atoms with van der Waals surface area (Å²) >= 11 is 1.45. The van der Waals surface area contributed by atoms with Crippen molar-refractivity contribution in [2.24, 2.45) is 0 Å². The van der Waals surface area contributed by atoms with Crippen LogP contribution in [0.15, 0.2) is 41.8 Å². The second-order valence-corrected chi connectivity index (χ2v) is 6.77. The van der Waals surface area contributed by atoms with Crippen LogP contribution in [0.25, 0.3) is 16.2 Å². The van der Waals surface area contributed by atoms with Crippen molar-refractivity contribution in [3.8, 4) is 11.3 Å². The number of fused-ring (bicyclic) bond motifs is 1. The molecule has 146 valence electrons. The molecule has 0 fully saturated rings. The van der Waals surface area contributed by atoms with Crippen LogP contribution in [-0.2, 0) is 9.53 Å². The Morgan fingerprint density at radius 3 is 2.55 bits per heavy atom. The Bertz CT molecular complexity index is 1180. The predicted octanol–water partition coefficient (Wildman–Crippen LogP) is 2.74. The van der Waals surface area contributed by atoms with E-state index in [1.54, 1.807) is 10.6 Å². The molecule has 3 heterocycles. The largest absolute Gasteiger partial charge is 0.464 e. The molecule has 0 atom stereocenters. The number of benzene rings is 1. The van der Waals surface area contributed by atoms with Gasteiger partial charge in [-0.25, -0.2) is 9.31 Å². The molecule has 0 saturated carbocycles. The molecule has 0 aliphatic rings. The van der Waals surface area contributed by atoms with Gasteiger partial charge in [-0.15, -0.1) is 26.6 Å². The Hall–Kier alpha value is -3.86. The first kappa shape index (κ1) is 18.5. The quantitative estimate of drug-likeness (QED) is 0.482. The van der Waals surface area contributed by atoms with Gasteiger partial charge in [0.1, 0.15) is 0 Å². The molecule has 0 spiro atoms. The molecule has 0 aliphatic heterocycles. The highest BCUT2D eigenvalue weighted by Crippen LogP contribution is 2.27. The fraction of sp³-hybridized carbons (Fsp3) is 0.111. The number of anilines is 3. The van der Waals surface area contributed by atoms with Crippen molar-refractivity contribution in [3.63, 3.8) is 0 Å². The maximum absolute atomic E-state index is 11.4. The zero-order chi connectivity index (χ0) is 20.4. The van der Waals surface area contributed by atoms with E-state index in [2.05, 4.69) is 35.7 Å². The first-order valence-corrected chi connectivity index (χ1v) is 9.33. The molecule has 10 nitrogen and oxygen atoms in total. The average molecular weight is 409 g/mol. The number of rotatable bonds is 5. The second kappa shape index (κ2) is 7.64. The Labute approximate surface area is 168 Å². The summed E-state index contributed by atoms with van der Waals surface area (Å²) in [5.41, 5.74) is 2.64. The molecule has 3 aromatic heterocycles. The van der Waals surface area contributed by atoms with E-state index in [0.717, 1.165) is 16.9 Å². The Kier molecular flexibility index (Phi) is 4.87. The van der Waals surface area contributed by atoms with Crippen LogP contribution in [0.3, 0.4) is 0 Å². The fourth-order valence-corrected chi connectivity index (χ4v) is 3.42. The number of hydrogen-bond donors (Lipinski definition) is 2. The highest BCUT2D eigenvalue weighted by atomic mass is 32.1. The van der Waals surface area contributed by atoms with Crippen LogP contribution >= 0.6 is 11.3 Å². The Balaban J connectivity index is 1.56. The first-order valence-electron chi connectivity index (χ1n) is 8.45. The molecule has 0 saturated heterocycles. The SMILES string of the molecule is COC(=O)c1ccc(Nc2nc3scc(-c4ccc(NC(C)=O)cc4)n3n2)nn1. The van der Waals surface area contributed by atoms with Gasteiger partial charge in [-0.05, 0) is 24.3 Å². The summed E-state index contributed by atoms with van der Waals surface area (Å²) in [5.74, 6) is 0.0782. The summed E-state index contributed by atoms with van der Waals surface area (Å²) in [6.45, 7) is 1.47. The van der Waals surface area contributed by atoms with Crippen molar-refractivity contribution < 1.29 is 14.3 Å². The van der Waals surface area contributed by atoms with Gasteiger partial charge in [0.05, 0.1) is 12.8 Å². The van der Waals surface area contributed by atoms with Gasteiger partial charge in [0.15, 0.2) is 11.5 Å². The van der Waals surface area contributed by atoms with Crippen molar-refractivity contribution in [3.05, 3.63) is 47.5 Å². The van der Waals surface area contributed by atoms with Crippen molar-refractivity contribution in [1.29, 1.82) is 0 Å². The number of methoxy groups -OCH3 is 1. The summed E-state index contributed by atoms with van der Waals surface area (Å²) < 4.78 is 6.32. The fourth-order valence-electron chi connectivity index (χ4n) is 2.59. The monoisotopic (exact) mass is 409 g/mol. The number of nitrogens with zero attached hydrogens (tertiary/aromatic N) is 5. The van der Waals surface area contributed by atoms with Crippen LogP contribution in [0, 0.1) is 0 Å². The lowest BCUT2D eigenvalue weighted by atomic mass is 10.1. The number of aromatic nitrogens is 5. The molecule has 0 bridgehead atoms. The van der Waals surface area contributed by atoms with Gasteiger partial charge in [0, 0.05) is 23.6 Å². The van der Waals surface area contributed by atoms with Crippen LogP contribution < -0.4 is 10.6 Å². The zero-order valence-electron chi connectivity index (χ0n) is 15.4. The molecule has 0 radical (unpaired) electrons. The lowest BCUT2D eigenvalue weighted by molar-refractivity contribution is -0.114. The van der Waals surface area contributed by atoms with E-state index in [1.165, 1.54) is 31.4 Å². The molecule has 4 rings (SSSR count). The van der Waals surface area contributed by atoms with Gasteiger partial charge in [0.25, 0.3) is 0 Å². The van der Waals surface area contributed by atoms with Crippen molar-refractivity contribution >= 4 is 45.6 Å². The number of carbonyl (C=O) groups is 2. The summed E-state index contributed by atoms with van der Waals surface area (Å²) in [6.07, 6.45) is 0.